The van der Waals surface area contributed by atoms with Crippen LogP contribution in [0.2, 0.25) is 0 Å². The number of thiophene rings is 2. The van der Waals surface area contributed by atoms with Crippen molar-refractivity contribution in [2.75, 3.05) is 22.9 Å². The van der Waals surface area contributed by atoms with Gasteiger partial charge < -0.3 is 9.80 Å². The fourth-order valence-corrected chi connectivity index (χ4v) is 14.1. The topological polar surface area (TPSA) is 40.6 Å². The molecular formula is C64H84F10N2O2S2. The minimum Gasteiger partial charge on any atom is -0.307 e. The highest BCUT2D eigenvalue weighted by Crippen LogP contribution is 2.56. The van der Waals surface area contributed by atoms with E-state index in [-0.39, 0.29) is 57.2 Å². The van der Waals surface area contributed by atoms with Gasteiger partial charge in [-0.25, -0.2) is 43.9 Å². The average molecular weight is 1170 g/mol. The molecule has 6 rings (SSSR count). The van der Waals surface area contributed by atoms with Gasteiger partial charge in [0.25, 0.3) is 11.8 Å². The SMILES string of the molecule is CCCCCCCCCCC(CCCCCCCC)CN1C(=O)/C(=C2\C(=O)N(CC(CCCCCCCC)CCCCCCCCCC)c3cc(-c4c(F)c(F)c(F)c(F)c4F)sc32)c2sc(-c3c(F)c(F)c(F)c(F)c3F)cc21. The largest absolute Gasteiger partial charge is 0.307 e. The predicted molar refractivity (Wildman–Crippen MR) is 308 cm³/mol. The summed E-state index contributed by atoms with van der Waals surface area (Å²) in [5, 5.41) is 0. The Hall–Kier alpha value is -4.18. The van der Waals surface area contributed by atoms with Gasteiger partial charge in [0.15, 0.2) is 46.5 Å². The average Bonchev–Trinajstić information content (AvgIpc) is 4.28. The molecule has 444 valence electrons. The van der Waals surface area contributed by atoms with Crippen molar-refractivity contribution in [3.05, 3.63) is 80.1 Å². The quantitative estimate of drug-likeness (QED) is 0.0148. The Labute approximate surface area is 477 Å². The van der Waals surface area contributed by atoms with Crippen LogP contribution in [-0.2, 0) is 9.59 Å². The lowest BCUT2D eigenvalue weighted by atomic mass is 9.93. The van der Waals surface area contributed by atoms with Gasteiger partial charge in [0.1, 0.15) is 0 Å². The zero-order valence-corrected chi connectivity index (χ0v) is 49.3. The first-order chi connectivity index (χ1) is 38.6. The number of anilines is 2. The number of carbonyl (C=O) groups excluding carboxylic acids is 2. The smallest absolute Gasteiger partial charge is 0.260 e. The van der Waals surface area contributed by atoms with Gasteiger partial charge >= 0.3 is 0 Å². The van der Waals surface area contributed by atoms with Crippen molar-refractivity contribution in [3.63, 3.8) is 0 Å². The van der Waals surface area contributed by atoms with Crippen LogP contribution in [0.25, 0.3) is 32.0 Å². The van der Waals surface area contributed by atoms with Crippen molar-refractivity contribution in [1.82, 2.24) is 0 Å². The van der Waals surface area contributed by atoms with Gasteiger partial charge in [0.2, 0.25) is 11.6 Å². The molecule has 4 aromatic rings. The van der Waals surface area contributed by atoms with Crippen LogP contribution in [0.3, 0.4) is 0 Å². The van der Waals surface area contributed by atoms with Gasteiger partial charge in [0.05, 0.1) is 43.4 Å². The number of rotatable bonds is 38. The highest BCUT2D eigenvalue weighted by molar-refractivity contribution is 7.19. The van der Waals surface area contributed by atoms with E-state index in [0.29, 0.717) is 22.7 Å². The third-order valence-corrected chi connectivity index (χ3v) is 18.6. The molecule has 2 atom stereocenters. The van der Waals surface area contributed by atoms with Gasteiger partial charge in [-0.2, -0.15) is 0 Å². The lowest BCUT2D eigenvalue weighted by Crippen LogP contribution is -2.34. The molecule has 2 amide bonds. The first-order valence-corrected chi connectivity index (χ1v) is 32.0. The van der Waals surface area contributed by atoms with E-state index in [2.05, 4.69) is 27.7 Å². The zero-order chi connectivity index (χ0) is 57.9. The molecule has 4 heterocycles. The highest BCUT2D eigenvalue weighted by atomic mass is 32.1. The molecule has 0 spiro atoms. The Morgan fingerprint density at radius 2 is 0.562 bits per heavy atom. The first-order valence-electron chi connectivity index (χ1n) is 30.3. The first kappa shape index (κ1) is 65.0. The maximum atomic E-state index is 15.8. The van der Waals surface area contributed by atoms with Gasteiger partial charge in [0, 0.05) is 22.8 Å². The zero-order valence-electron chi connectivity index (χ0n) is 47.7. The fourth-order valence-electron chi connectivity index (χ4n) is 11.6. The number of fused-ring (bicyclic) bond motifs is 2. The monoisotopic (exact) mass is 1170 g/mol. The summed E-state index contributed by atoms with van der Waals surface area (Å²) in [7, 11) is 0. The number of amides is 2. The van der Waals surface area contributed by atoms with Crippen LogP contribution in [0.4, 0.5) is 55.3 Å². The minimum absolute atomic E-state index is 0.0178. The molecule has 0 N–H and O–H groups in total. The summed E-state index contributed by atoms with van der Waals surface area (Å²) in [6, 6.07) is 2.43. The molecule has 0 fully saturated rings. The third kappa shape index (κ3) is 16.1. The Morgan fingerprint density at radius 3 is 0.812 bits per heavy atom. The molecule has 0 saturated heterocycles. The Bertz CT molecular complexity index is 2460. The summed E-state index contributed by atoms with van der Waals surface area (Å²) in [6.07, 6.45) is 32.4. The van der Waals surface area contributed by atoms with Crippen LogP contribution < -0.4 is 9.80 Å². The Kier molecular flexibility index (Phi) is 26.5. The second-order valence-electron chi connectivity index (χ2n) is 22.5. The van der Waals surface area contributed by atoms with Crippen LogP contribution in [0, 0.1) is 70.0 Å². The summed E-state index contributed by atoms with van der Waals surface area (Å²) in [5.74, 6) is -23.1. The maximum Gasteiger partial charge on any atom is 0.260 e. The Morgan fingerprint density at radius 1 is 0.338 bits per heavy atom. The van der Waals surface area contributed by atoms with Crippen molar-refractivity contribution in [2.45, 2.75) is 233 Å². The summed E-state index contributed by atoms with van der Waals surface area (Å²) < 4.78 is 152. The van der Waals surface area contributed by atoms with Gasteiger partial charge in [-0.1, -0.05) is 207 Å². The molecule has 0 bridgehead atoms. The minimum atomic E-state index is -2.34. The van der Waals surface area contributed by atoms with Gasteiger partial charge in [-0.05, 0) is 49.7 Å². The number of benzene rings is 2. The molecule has 2 aromatic carbocycles. The van der Waals surface area contributed by atoms with E-state index in [1.54, 1.807) is 0 Å². The van der Waals surface area contributed by atoms with E-state index in [0.717, 1.165) is 180 Å². The van der Waals surface area contributed by atoms with Crippen molar-refractivity contribution < 1.29 is 53.5 Å². The van der Waals surface area contributed by atoms with Crippen LogP contribution >= 0.6 is 22.7 Å². The molecule has 80 heavy (non-hydrogen) atoms. The van der Waals surface area contributed by atoms with Crippen LogP contribution in [-0.4, -0.2) is 24.9 Å². The van der Waals surface area contributed by atoms with Gasteiger partial charge in [-0.15, -0.1) is 22.7 Å². The lowest BCUT2D eigenvalue weighted by molar-refractivity contribution is -0.114. The van der Waals surface area contributed by atoms with E-state index in [1.165, 1.54) is 47.6 Å². The number of hydrogen-bond acceptors (Lipinski definition) is 4. The Balaban J connectivity index is 1.47. The molecule has 0 aliphatic carbocycles. The molecule has 2 aliphatic heterocycles. The summed E-state index contributed by atoms with van der Waals surface area (Å²) in [5.41, 5.74) is -2.68. The molecule has 2 aliphatic rings. The van der Waals surface area contributed by atoms with Gasteiger partial charge in [-0.3, -0.25) is 9.59 Å². The molecule has 4 nitrogen and oxygen atoms in total. The number of nitrogens with zero attached hydrogens (tertiary/aromatic N) is 2. The van der Waals surface area contributed by atoms with E-state index in [9.17, 15) is 26.3 Å². The number of hydrogen-bond donors (Lipinski definition) is 0. The van der Waals surface area contributed by atoms with E-state index in [4.69, 9.17) is 0 Å². The second kappa shape index (κ2) is 32.6. The number of unbranched alkanes of at least 4 members (excludes halogenated alkanes) is 24. The van der Waals surface area contributed by atoms with Crippen LogP contribution in [0.1, 0.15) is 243 Å². The maximum absolute atomic E-state index is 15.8. The highest BCUT2D eigenvalue weighted by Gasteiger charge is 2.46. The molecule has 2 aromatic heterocycles. The number of halogens is 10. The third-order valence-electron chi connectivity index (χ3n) is 16.3. The standard InChI is InChI=1S/C64H84F10N2O2S2/c1-5-9-13-17-21-23-27-31-35-41(33-29-25-19-15-11-7-3)39-75-43-37-45(47-51(65)55(69)59(73)56(70)52(47)66)79-61(43)49(63(75)77)50-62-44(38-46(80-62)48-53(67)57(71)60(74)58(72)54(48)68)76(64(50)78)40-42(34-30-26-20-16-12-8-4)36-32-28-24-22-18-14-10-6-2/h37-38,41-42H,5-36,39-40H2,1-4H3/b50-49-. The summed E-state index contributed by atoms with van der Waals surface area (Å²) in [6.45, 7) is 8.82. The second-order valence-corrected chi connectivity index (χ2v) is 24.6. The predicted octanol–water partition coefficient (Wildman–Crippen LogP) is 21.9. The van der Waals surface area contributed by atoms with Crippen molar-refractivity contribution in [2.24, 2.45) is 11.8 Å². The molecule has 0 saturated carbocycles. The van der Waals surface area contributed by atoms with E-state index < -0.39 is 90.9 Å². The molecular weight excluding hydrogens is 1080 g/mol. The lowest BCUT2D eigenvalue weighted by Gasteiger charge is -2.25. The van der Waals surface area contributed by atoms with Crippen LogP contribution in [0.5, 0.6) is 0 Å². The van der Waals surface area contributed by atoms with Crippen molar-refractivity contribution in [1.29, 1.82) is 0 Å². The number of carbonyl (C=O) groups is 2. The molecule has 0 radical (unpaired) electrons. The van der Waals surface area contributed by atoms with E-state index >= 15 is 27.2 Å². The molecule has 16 heteroatoms. The summed E-state index contributed by atoms with van der Waals surface area (Å²) >= 11 is 1.16. The fraction of sp³-hybridized carbons (Fsp3) is 0.625. The van der Waals surface area contributed by atoms with Crippen LogP contribution in [0.15, 0.2) is 12.1 Å². The van der Waals surface area contributed by atoms with Crippen molar-refractivity contribution >= 4 is 57.0 Å². The molecule has 2 unspecified atom stereocenters. The van der Waals surface area contributed by atoms with Crippen molar-refractivity contribution in [3.8, 4) is 20.9 Å². The normalized spacial score (nSPS) is 15.1. The van der Waals surface area contributed by atoms with E-state index in [1.807, 2.05) is 0 Å². The summed E-state index contributed by atoms with van der Waals surface area (Å²) in [4.78, 5) is 33.1.